The number of alkyl halides is 4. The molecular formula is C10H5F4NO3. The van der Waals surface area contributed by atoms with Crippen molar-refractivity contribution in [3.8, 4) is 11.8 Å². The molecule has 0 saturated heterocycles. The summed E-state index contributed by atoms with van der Waals surface area (Å²) in [4.78, 5) is 10.7. The van der Waals surface area contributed by atoms with Crippen molar-refractivity contribution in [2.24, 2.45) is 0 Å². The average molecular weight is 263 g/mol. The number of nitriles is 1. The number of benzene rings is 1. The van der Waals surface area contributed by atoms with Gasteiger partial charge in [0, 0.05) is 0 Å². The Morgan fingerprint density at radius 3 is 2.33 bits per heavy atom. The minimum atomic E-state index is -3.45. The minimum absolute atomic E-state index is 0.632. The molecule has 18 heavy (non-hydrogen) atoms. The highest BCUT2D eigenvalue weighted by Gasteiger charge is 2.25. The van der Waals surface area contributed by atoms with Crippen molar-refractivity contribution in [2.45, 2.75) is 13.0 Å². The van der Waals surface area contributed by atoms with Gasteiger partial charge in [0.25, 0.3) is 6.43 Å². The van der Waals surface area contributed by atoms with Crippen LogP contribution in [0.1, 0.15) is 27.9 Å². The number of carbonyl (C=O) groups is 1. The topological polar surface area (TPSA) is 70.3 Å². The summed E-state index contributed by atoms with van der Waals surface area (Å²) in [5.41, 5.74) is -2.50. The largest absolute Gasteiger partial charge is 0.478 e. The lowest BCUT2D eigenvalue weighted by Crippen LogP contribution is -2.10. The van der Waals surface area contributed by atoms with Crippen LogP contribution in [-0.2, 0) is 0 Å². The number of ether oxygens (including phenoxy) is 1. The molecule has 0 aromatic heterocycles. The quantitative estimate of drug-likeness (QED) is 0.848. The van der Waals surface area contributed by atoms with E-state index < -0.39 is 41.4 Å². The zero-order valence-electron chi connectivity index (χ0n) is 8.53. The van der Waals surface area contributed by atoms with Crippen LogP contribution in [-0.4, -0.2) is 17.7 Å². The van der Waals surface area contributed by atoms with Crippen LogP contribution in [0.3, 0.4) is 0 Å². The summed E-state index contributed by atoms with van der Waals surface area (Å²) in [5.74, 6) is -2.71. The van der Waals surface area contributed by atoms with Crippen molar-refractivity contribution in [2.75, 3.05) is 0 Å². The van der Waals surface area contributed by atoms with Gasteiger partial charge in [-0.05, 0) is 12.1 Å². The van der Waals surface area contributed by atoms with Crippen molar-refractivity contribution in [3.63, 3.8) is 0 Å². The Balaban J connectivity index is 3.52. The van der Waals surface area contributed by atoms with Crippen LogP contribution in [0.5, 0.6) is 5.75 Å². The molecule has 4 nitrogen and oxygen atoms in total. The van der Waals surface area contributed by atoms with Gasteiger partial charge in [-0.2, -0.15) is 14.0 Å². The highest BCUT2D eigenvalue weighted by atomic mass is 19.3. The highest BCUT2D eigenvalue weighted by molar-refractivity contribution is 5.92. The van der Waals surface area contributed by atoms with Gasteiger partial charge < -0.3 is 9.84 Å². The maximum Gasteiger partial charge on any atom is 0.387 e. The Morgan fingerprint density at radius 2 is 1.94 bits per heavy atom. The Labute approximate surface area is 98.0 Å². The van der Waals surface area contributed by atoms with E-state index in [0.29, 0.717) is 6.07 Å². The molecule has 0 radical (unpaired) electrons. The van der Waals surface area contributed by atoms with Crippen molar-refractivity contribution in [1.29, 1.82) is 5.26 Å². The zero-order chi connectivity index (χ0) is 13.9. The van der Waals surface area contributed by atoms with E-state index in [0.717, 1.165) is 6.07 Å². The molecule has 96 valence electrons. The predicted octanol–water partition coefficient (Wildman–Crippen LogP) is 2.80. The molecule has 0 amide bonds. The number of hydrogen-bond donors (Lipinski definition) is 1. The van der Waals surface area contributed by atoms with Crippen LogP contribution in [0.4, 0.5) is 17.6 Å². The third-order valence-corrected chi connectivity index (χ3v) is 1.97. The minimum Gasteiger partial charge on any atom is -0.478 e. The predicted molar refractivity (Wildman–Crippen MR) is 49.7 cm³/mol. The molecule has 0 unspecified atom stereocenters. The first-order valence-corrected chi connectivity index (χ1v) is 4.41. The zero-order valence-corrected chi connectivity index (χ0v) is 8.53. The Hall–Kier alpha value is -2.30. The molecule has 0 heterocycles. The molecule has 1 aromatic rings. The number of rotatable bonds is 4. The van der Waals surface area contributed by atoms with Gasteiger partial charge in [0.2, 0.25) is 0 Å². The summed E-state index contributed by atoms with van der Waals surface area (Å²) < 4.78 is 53.1. The lowest BCUT2D eigenvalue weighted by molar-refractivity contribution is -0.0522. The van der Waals surface area contributed by atoms with Crippen LogP contribution in [0.2, 0.25) is 0 Å². The molecule has 0 aliphatic heterocycles. The number of carboxylic acids is 1. The Kier molecular flexibility index (Phi) is 4.09. The molecule has 0 saturated carbocycles. The molecule has 0 atom stereocenters. The maximum atomic E-state index is 12.5. The molecule has 0 bridgehead atoms. The SMILES string of the molecule is N#Cc1c(C(=O)O)ccc(C(F)F)c1OC(F)F. The van der Waals surface area contributed by atoms with Crippen molar-refractivity contribution in [3.05, 3.63) is 28.8 Å². The monoisotopic (exact) mass is 263 g/mol. The maximum absolute atomic E-state index is 12.5. The van der Waals surface area contributed by atoms with E-state index >= 15 is 0 Å². The first kappa shape index (κ1) is 13.8. The van der Waals surface area contributed by atoms with Crippen LogP contribution in [0, 0.1) is 11.3 Å². The number of carboxylic acid groups (broad SMARTS) is 1. The Bertz CT molecular complexity index is 511. The second-order valence-electron chi connectivity index (χ2n) is 3.00. The average Bonchev–Trinajstić information content (AvgIpc) is 2.26. The smallest absolute Gasteiger partial charge is 0.387 e. The molecule has 0 aliphatic rings. The molecule has 0 fully saturated rings. The number of nitrogens with zero attached hydrogens (tertiary/aromatic N) is 1. The van der Waals surface area contributed by atoms with E-state index in [1.54, 1.807) is 0 Å². The molecule has 8 heteroatoms. The lowest BCUT2D eigenvalue weighted by atomic mass is 10.0. The lowest BCUT2D eigenvalue weighted by Gasteiger charge is -2.13. The summed E-state index contributed by atoms with van der Waals surface area (Å²) >= 11 is 0. The third kappa shape index (κ3) is 2.68. The van der Waals surface area contributed by atoms with E-state index in [9.17, 15) is 22.4 Å². The van der Waals surface area contributed by atoms with Crippen LogP contribution >= 0.6 is 0 Å². The van der Waals surface area contributed by atoms with Gasteiger partial charge in [0.1, 0.15) is 11.6 Å². The molecule has 1 aromatic carbocycles. The van der Waals surface area contributed by atoms with Crippen LogP contribution in [0.25, 0.3) is 0 Å². The van der Waals surface area contributed by atoms with Gasteiger partial charge >= 0.3 is 12.6 Å². The molecule has 0 spiro atoms. The number of aromatic carboxylic acids is 1. The van der Waals surface area contributed by atoms with Gasteiger partial charge in [-0.25, -0.2) is 13.6 Å². The van der Waals surface area contributed by atoms with Gasteiger partial charge in [0.05, 0.1) is 11.1 Å². The number of hydrogen-bond acceptors (Lipinski definition) is 3. The van der Waals surface area contributed by atoms with Crippen LogP contribution in [0.15, 0.2) is 12.1 Å². The molecule has 1 rings (SSSR count). The van der Waals surface area contributed by atoms with Gasteiger partial charge in [-0.1, -0.05) is 0 Å². The van der Waals surface area contributed by atoms with Crippen molar-refractivity contribution in [1.82, 2.24) is 0 Å². The van der Waals surface area contributed by atoms with Crippen molar-refractivity contribution < 1.29 is 32.2 Å². The fourth-order valence-electron chi connectivity index (χ4n) is 1.28. The first-order chi connectivity index (χ1) is 8.38. The second-order valence-corrected chi connectivity index (χ2v) is 3.00. The second kappa shape index (κ2) is 5.35. The first-order valence-electron chi connectivity index (χ1n) is 4.41. The van der Waals surface area contributed by atoms with Crippen LogP contribution < -0.4 is 4.74 Å². The highest BCUT2D eigenvalue weighted by Crippen LogP contribution is 2.35. The summed E-state index contributed by atoms with van der Waals surface area (Å²) in [7, 11) is 0. The fourth-order valence-corrected chi connectivity index (χ4v) is 1.28. The molecule has 0 aliphatic carbocycles. The van der Waals surface area contributed by atoms with Gasteiger partial charge in [-0.3, -0.25) is 0 Å². The third-order valence-electron chi connectivity index (χ3n) is 1.97. The van der Waals surface area contributed by atoms with E-state index in [-0.39, 0.29) is 0 Å². The summed E-state index contributed by atoms with van der Waals surface area (Å²) in [6, 6.07) is 2.64. The molecule has 1 N–H and O–H groups in total. The summed E-state index contributed by atoms with van der Waals surface area (Å²) in [6.45, 7) is -3.45. The van der Waals surface area contributed by atoms with E-state index in [4.69, 9.17) is 10.4 Å². The summed E-state index contributed by atoms with van der Waals surface area (Å²) in [5, 5.41) is 17.4. The summed E-state index contributed by atoms with van der Waals surface area (Å²) in [6.07, 6.45) is -3.17. The molecular weight excluding hydrogens is 258 g/mol. The van der Waals surface area contributed by atoms with E-state index in [1.165, 1.54) is 6.07 Å². The Morgan fingerprint density at radius 1 is 1.33 bits per heavy atom. The van der Waals surface area contributed by atoms with E-state index in [1.807, 2.05) is 0 Å². The number of halogens is 4. The standard InChI is InChI=1S/C10H5F4NO3/c11-8(12)5-2-1-4(9(16)17)6(3-15)7(5)18-10(13)14/h1-2,8,10H,(H,16,17). The van der Waals surface area contributed by atoms with Gasteiger partial charge in [-0.15, -0.1) is 0 Å². The van der Waals surface area contributed by atoms with Crippen molar-refractivity contribution >= 4 is 5.97 Å². The fraction of sp³-hybridized carbons (Fsp3) is 0.200. The van der Waals surface area contributed by atoms with Gasteiger partial charge in [0.15, 0.2) is 5.75 Å². The normalized spacial score (nSPS) is 10.5. The van der Waals surface area contributed by atoms with E-state index in [2.05, 4.69) is 4.74 Å².